The predicted molar refractivity (Wildman–Crippen MR) is 58.5 cm³/mol. The van der Waals surface area contributed by atoms with E-state index < -0.39 is 5.97 Å². The molecule has 17 heavy (non-hydrogen) atoms. The molecule has 6 heteroatoms. The molecule has 1 N–H and O–H groups in total. The number of ether oxygens (including phenoxy) is 2. The first-order chi connectivity index (χ1) is 8.33. The topological polar surface area (TPSA) is 77.1 Å². The highest BCUT2D eigenvalue weighted by Gasteiger charge is 2.20. The van der Waals surface area contributed by atoms with E-state index in [1.54, 1.807) is 12.1 Å². The Hall–Kier alpha value is -1.95. The van der Waals surface area contributed by atoms with Gasteiger partial charge in [0.1, 0.15) is 6.61 Å². The molecule has 1 atom stereocenters. The zero-order valence-electron chi connectivity index (χ0n) is 9.05. The third-order valence-electron chi connectivity index (χ3n) is 2.68. The van der Waals surface area contributed by atoms with E-state index in [9.17, 15) is 4.79 Å². The maximum atomic E-state index is 11.7. The number of nitrogens with one attached hydrogen (secondary N) is 1. The van der Waals surface area contributed by atoms with Gasteiger partial charge in [-0.3, -0.25) is 0 Å². The van der Waals surface area contributed by atoms with Gasteiger partial charge in [-0.25, -0.2) is 14.8 Å². The summed E-state index contributed by atoms with van der Waals surface area (Å²) in [7, 11) is 0. The van der Waals surface area contributed by atoms with Gasteiger partial charge in [0.15, 0.2) is 11.3 Å². The van der Waals surface area contributed by atoms with Crippen LogP contribution in [0, 0.1) is 0 Å². The summed E-state index contributed by atoms with van der Waals surface area (Å²) in [6.07, 6.45) is 2.53. The van der Waals surface area contributed by atoms with Crippen molar-refractivity contribution >= 4 is 17.1 Å². The first kappa shape index (κ1) is 10.2. The standard InChI is InChI=1S/C11H11N3O3/c15-11(17-5-7-3-4-16-7)9-2-1-8-10(14-9)13-6-12-8/h1-2,6-7H,3-5H2,(H,12,13,14)/t7-/m0/s1. The molecule has 3 heterocycles. The fourth-order valence-corrected chi connectivity index (χ4v) is 1.59. The van der Waals surface area contributed by atoms with Crippen LogP contribution in [0.1, 0.15) is 16.9 Å². The summed E-state index contributed by atoms with van der Waals surface area (Å²) in [5.74, 6) is -0.439. The van der Waals surface area contributed by atoms with Gasteiger partial charge in [-0.05, 0) is 12.1 Å². The molecular weight excluding hydrogens is 222 g/mol. The van der Waals surface area contributed by atoms with E-state index in [2.05, 4.69) is 15.0 Å². The highest BCUT2D eigenvalue weighted by molar-refractivity contribution is 5.89. The number of aromatic amines is 1. The van der Waals surface area contributed by atoms with Crippen molar-refractivity contribution in [3.63, 3.8) is 0 Å². The number of carbonyl (C=O) groups is 1. The molecule has 3 rings (SSSR count). The van der Waals surface area contributed by atoms with Crippen LogP contribution in [0.15, 0.2) is 18.5 Å². The molecule has 1 aliphatic heterocycles. The molecule has 0 unspecified atom stereocenters. The molecule has 2 aromatic rings. The first-order valence-corrected chi connectivity index (χ1v) is 5.42. The van der Waals surface area contributed by atoms with Gasteiger partial charge in [0.2, 0.25) is 0 Å². The predicted octanol–water partition coefficient (Wildman–Crippen LogP) is 0.904. The number of H-pyrrole nitrogens is 1. The van der Waals surface area contributed by atoms with E-state index in [0.29, 0.717) is 12.3 Å². The van der Waals surface area contributed by atoms with E-state index >= 15 is 0 Å². The van der Waals surface area contributed by atoms with Crippen molar-refractivity contribution in [2.75, 3.05) is 13.2 Å². The van der Waals surface area contributed by atoms with Crippen LogP contribution in [0.25, 0.3) is 11.2 Å². The second-order valence-corrected chi connectivity index (χ2v) is 3.85. The Morgan fingerprint density at radius 1 is 1.59 bits per heavy atom. The number of hydrogen-bond acceptors (Lipinski definition) is 5. The third-order valence-corrected chi connectivity index (χ3v) is 2.68. The number of carbonyl (C=O) groups excluding carboxylic acids is 1. The summed E-state index contributed by atoms with van der Waals surface area (Å²) in [6.45, 7) is 1.04. The Bertz CT molecular complexity index is 548. The smallest absolute Gasteiger partial charge is 0.357 e. The molecule has 2 aromatic heterocycles. The largest absolute Gasteiger partial charge is 0.458 e. The molecule has 0 spiro atoms. The Morgan fingerprint density at radius 2 is 2.47 bits per heavy atom. The van der Waals surface area contributed by atoms with Crippen LogP contribution in [0.5, 0.6) is 0 Å². The zero-order valence-corrected chi connectivity index (χ0v) is 9.05. The van der Waals surface area contributed by atoms with Gasteiger partial charge in [-0.2, -0.15) is 0 Å². The summed E-state index contributed by atoms with van der Waals surface area (Å²) in [4.78, 5) is 22.7. The minimum Gasteiger partial charge on any atom is -0.458 e. The van der Waals surface area contributed by atoms with Crippen LogP contribution in [-0.4, -0.2) is 40.2 Å². The number of hydrogen-bond donors (Lipinski definition) is 1. The van der Waals surface area contributed by atoms with E-state index in [-0.39, 0.29) is 11.8 Å². The summed E-state index contributed by atoms with van der Waals surface area (Å²) in [5.41, 5.74) is 1.58. The fraction of sp³-hybridized carbons (Fsp3) is 0.364. The van der Waals surface area contributed by atoms with Crippen molar-refractivity contribution in [1.82, 2.24) is 15.0 Å². The molecule has 1 saturated heterocycles. The van der Waals surface area contributed by atoms with Crippen LogP contribution in [0.4, 0.5) is 0 Å². The van der Waals surface area contributed by atoms with Crippen LogP contribution >= 0.6 is 0 Å². The molecule has 0 aromatic carbocycles. The van der Waals surface area contributed by atoms with E-state index in [1.807, 2.05) is 0 Å². The maximum Gasteiger partial charge on any atom is 0.357 e. The number of imidazole rings is 1. The second kappa shape index (κ2) is 4.14. The Morgan fingerprint density at radius 3 is 3.24 bits per heavy atom. The van der Waals surface area contributed by atoms with Gasteiger partial charge < -0.3 is 14.5 Å². The monoisotopic (exact) mass is 233 g/mol. The molecule has 88 valence electrons. The zero-order chi connectivity index (χ0) is 11.7. The quantitative estimate of drug-likeness (QED) is 0.797. The van der Waals surface area contributed by atoms with Crippen LogP contribution in [0.3, 0.4) is 0 Å². The van der Waals surface area contributed by atoms with Gasteiger partial charge in [0.25, 0.3) is 0 Å². The number of nitrogens with zero attached hydrogens (tertiary/aromatic N) is 2. The highest BCUT2D eigenvalue weighted by atomic mass is 16.6. The Kier molecular flexibility index (Phi) is 2.49. The highest BCUT2D eigenvalue weighted by Crippen LogP contribution is 2.12. The molecule has 0 radical (unpaired) electrons. The number of esters is 1. The van der Waals surface area contributed by atoms with Gasteiger partial charge in [-0.15, -0.1) is 0 Å². The van der Waals surface area contributed by atoms with Crippen molar-refractivity contribution in [2.45, 2.75) is 12.5 Å². The molecule has 1 fully saturated rings. The lowest BCUT2D eigenvalue weighted by molar-refractivity contribution is -0.0825. The minimum absolute atomic E-state index is 0.0491. The van der Waals surface area contributed by atoms with Gasteiger partial charge in [-0.1, -0.05) is 0 Å². The number of pyridine rings is 1. The average molecular weight is 233 g/mol. The summed E-state index contributed by atoms with van der Waals surface area (Å²) in [5, 5.41) is 0. The lowest BCUT2D eigenvalue weighted by Gasteiger charge is -2.25. The first-order valence-electron chi connectivity index (χ1n) is 5.42. The fourth-order valence-electron chi connectivity index (χ4n) is 1.59. The number of aromatic nitrogens is 3. The molecule has 0 aliphatic carbocycles. The van der Waals surface area contributed by atoms with Gasteiger partial charge in [0.05, 0.1) is 17.9 Å². The van der Waals surface area contributed by atoms with E-state index in [1.165, 1.54) is 6.33 Å². The molecule has 6 nitrogen and oxygen atoms in total. The normalized spacial score (nSPS) is 18.9. The van der Waals surface area contributed by atoms with Crippen molar-refractivity contribution < 1.29 is 14.3 Å². The van der Waals surface area contributed by atoms with Crippen molar-refractivity contribution in [2.24, 2.45) is 0 Å². The summed E-state index contributed by atoms with van der Waals surface area (Å²) >= 11 is 0. The lowest BCUT2D eigenvalue weighted by atomic mass is 10.2. The summed E-state index contributed by atoms with van der Waals surface area (Å²) in [6, 6.07) is 3.37. The van der Waals surface area contributed by atoms with Crippen molar-refractivity contribution in [3.8, 4) is 0 Å². The average Bonchev–Trinajstić information content (AvgIpc) is 2.73. The van der Waals surface area contributed by atoms with Crippen LogP contribution < -0.4 is 0 Å². The van der Waals surface area contributed by atoms with Crippen LogP contribution in [0.2, 0.25) is 0 Å². The molecule has 0 saturated carbocycles. The molecule has 0 bridgehead atoms. The van der Waals surface area contributed by atoms with Crippen LogP contribution in [-0.2, 0) is 9.47 Å². The van der Waals surface area contributed by atoms with Gasteiger partial charge >= 0.3 is 5.97 Å². The minimum atomic E-state index is -0.439. The molecule has 0 amide bonds. The Labute approximate surface area is 97.0 Å². The van der Waals surface area contributed by atoms with E-state index in [4.69, 9.17) is 9.47 Å². The summed E-state index contributed by atoms with van der Waals surface area (Å²) < 4.78 is 10.3. The lowest BCUT2D eigenvalue weighted by Crippen LogP contribution is -2.32. The van der Waals surface area contributed by atoms with E-state index in [0.717, 1.165) is 18.5 Å². The van der Waals surface area contributed by atoms with Gasteiger partial charge in [0, 0.05) is 13.0 Å². The Balaban J connectivity index is 1.70. The molecule has 1 aliphatic rings. The molecular formula is C11H11N3O3. The maximum absolute atomic E-state index is 11.7. The third kappa shape index (κ3) is 1.99. The van der Waals surface area contributed by atoms with Crippen molar-refractivity contribution in [3.05, 3.63) is 24.2 Å². The SMILES string of the molecule is O=C(OC[C@@H]1CCO1)c1ccc2[nH]cnc2n1. The van der Waals surface area contributed by atoms with Crippen molar-refractivity contribution in [1.29, 1.82) is 0 Å². The number of fused-ring (bicyclic) bond motifs is 1. The number of rotatable bonds is 3. The second-order valence-electron chi connectivity index (χ2n) is 3.85.